The van der Waals surface area contributed by atoms with Crippen molar-refractivity contribution < 1.29 is 27.8 Å². The van der Waals surface area contributed by atoms with Crippen LogP contribution in [0.1, 0.15) is 58.5 Å². The summed E-state index contributed by atoms with van der Waals surface area (Å²) in [4.78, 5) is 14.3. The number of nitrogens with two attached hydrogens (primary N) is 1. The predicted molar refractivity (Wildman–Crippen MR) is 146 cm³/mol. The van der Waals surface area contributed by atoms with E-state index in [-0.39, 0.29) is 18.0 Å². The van der Waals surface area contributed by atoms with E-state index < -0.39 is 33.5 Å². The van der Waals surface area contributed by atoms with Gasteiger partial charge in [-0.3, -0.25) is 14.4 Å². The molecule has 0 spiro atoms. The molecular formula is C26H39N8O6S-. The Hall–Kier alpha value is -3.24. The van der Waals surface area contributed by atoms with E-state index in [1.54, 1.807) is 45.3 Å². The van der Waals surface area contributed by atoms with Gasteiger partial charge in [0, 0.05) is 32.1 Å². The Bertz CT molecular complexity index is 1390. The number of ether oxygens (including phenoxy) is 2. The SMILES string of the molecule is CC(C)(C)OC(=O)Cn1cc(CN(CCc2ccc(S(N)(=O)=O)cc2)Cc2cn(CC([O-])OC(C)(C)C)nn2)nn1. The fraction of sp³-hybridized carbons (Fsp3) is 0.577. The van der Waals surface area contributed by atoms with Gasteiger partial charge in [0.15, 0.2) is 0 Å². The van der Waals surface area contributed by atoms with Gasteiger partial charge in [-0.15, -0.1) is 10.2 Å². The van der Waals surface area contributed by atoms with Gasteiger partial charge in [0.25, 0.3) is 0 Å². The number of hydrogen-bond acceptors (Lipinski definition) is 11. The Labute approximate surface area is 240 Å². The topological polar surface area (TPSA) is 183 Å². The van der Waals surface area contributed by atoms with E-state index in [9.17, 15) is 18.3 Å². The molecule has 14 nitrogen and oxygen atoms in total. The van der Waals surface area contributed by atoms with Gasteiger partial charge in [0.05, 0.1) is 34.6 Å². The summed E-state index contributed by atoms with van der Waals surface area (Å²) in [5, 5.41) is 34.0. The molecule has 0 aliphatic heterocycles. The van der Waals surface area contributed by atoms with Crippen LogP contribution in [-0.4, -0.2) is 73.3 Å². The van der Waals surface area contributed by atoms with Crippen LogP contribution in [0.2, 0.25) is 0 Å². The number of aromatic nitrogens is 6. The van der Waals surface area contributed by atoms with Crippen LogP contribution in [0, 0.1) is 0 Å². The zero-order valence-corrected chi connectivity index (χ0v) is 25.2. The fourth-order valence-electron chi connectivity index (χ4n) is 3.88. The number of benzene rings is 1. The minimum absolute atomic E-state index is 0.0136. The number of hydrogen-bond donors (Lipinski definition) is 1. The second kappa shape index (κ2) is 13.2. The predicted octanol–water partition coefficient (Wildman–Crippen LogP) is 0.605. The summed E-state index contributed by atoms with van der Waals surface area (Å²) < 4.78 is 36.8. The molecule has 0 saturated heterocycles. The van der Waals surface area contributed by atoms with Gasteiger partial charge in [-0.1, -0.05) is 22.6 Å². The van der Waals surface area contributed by atoms with Crippen LogP contribution < -0.4 is 10.2 Å². The van der Waals surface area contributed by atoms with Gasteiger partial charge >= 0.3 is 5.97 Å². The zero-order valence-electron chi connectivity index (χ0n) is 24.3. The first-order chi connectivity index (χ1) is 18.9. The summed E-state index contributed by atoms with van der Waals surface area (Å²) in [5.74, 6) is -0.419. The quantitative estimate of drug-likeness (QED) is 0.217. The number of carbonyl (C=O) groups is 1. The maximum atomic E-state index is 12.3. The maximum absolute atomic E-state index is 12.3. The number of esters is 1. The molecule has 0 bridgehead atoms. The van der Waals surface area contributed by atoms with Crippen molar-refractivity contribution >= 4 is 16.0 Å². The molecule has 41 heavy (non-hydrogen) atoms. The van der Waals surface area contributed by atoms with E-state index in [1.165, 1.54) is 21.5 Å². The van der Waals surface area contributed by atoms with E-state index in [1.807, 2.05) is 20.8 Å². The lowest BCUT2D eigenvalue weighted by atomic mass is 10.1. The number of primary sulfonamides is 1. The first-order valence-electron chi connectivity index (χ1n) is 13.1. The van der Waals surface area contributed by atoms with E-state index in [0.29, 0.717) is 37.4 Å². The number of sulfonamides is 1. The molecule has 0 amide bonds. The van der Waals surface area contributed by atoms with Crippen LogP contribution in [0.25, 0.3) is 0 Å². The highest BCUT2D eigenvalue weighted by atomic mass is 32.2. The molecule has 1 atom stereocenters. The summed E-state index contributed by atoms with van der Waals surface area (Å²) in [6, 6.07) is 6.38. The highest BCUT2D eigenvalue weighted by Crippen LogP contribution is 2.14. The Kier molecular flexibility index (Phi) is 10.4. The third kappa shape index (κ3) is 11.6. The minimum atomic E-state index is -3.78. The molecule has 1 unspecified atom stereocenters. The van der Waals surface area contributed by atoms with E-state index in [0.717, 1.165) is 5.56 Å². The lowest BCUT2D eigenvalue weighted by Crippen LogP contribution is -2.39. The van der Waals surface area contributed by atoms with Gasteiger partial charge < -0.3 is 14.6 Å². The molecule has 2 aromatic heterocycles. The van der Waals surface area contributed by atoms with Crippen molar-refractivity contribution in [3.63, 3.8) is 0 Å². The highest BCUT2D eigenvalue weighted by Gasteiger charge is 2.19. The smallest absolute Gasteiger partial charge is 0.328 e. The molecule has 0 saturated carbocycles. The van der Waals surface area contributed by atoms with Crippen molar-refractivity contribution in [2.45, 2.75) is 96.5 Å². The van der Waals surface area contributed by atoms with E-state index in [2.05, 4.69) is 25.5 Å². The summed E-state index contributed by atoms with van der Waals surface area (Å²) >= 11 is 0. The normalized spacial score (nSPS) is 13.5. The van der Waals surface area contributed by atoms with Crippen molar-refractivity contribution in [1.82, 2.24) is 34.9 Å². The van der Waals surface area contributed by atoms with Gasteiger partial charge in [-0.2, -0.15) is 0 Å². The van der Waals surface area contributed by atoms with Crippen molar-refractivity contribution in [2.75, 3.05) is 6.54 Å². The van der Waals surface area contributed by atoms with Gasteiger partial charge in [0.1, 0.15) is 12.1 Å². The molecule has 2 heterocycles. The Balaban J connectivity index is 1.70. The van der Waals surface area contributed by atoms with E-state index in [4.69, 9.17) is 14.6 Å². The van der Waals surface area contributed by atoms with E-state index >= 15 is 0 Å². The molecule has 0 aliphatic rings. The molecule has 0 fully saturated rings. The van der Waals surface area contributed by atoms with Crippen LogP contribution in [0.5, 0.6) is 0 Å². The van der Waals surface area contributed by atoms with Crippen molar-refractivity contribution in [1.29, 1.82) is 0 Å². The molecule has 1 aromatic carbocycles. The third-order valence-corrected chi connectivity index (χ3v) is 6.37. The summed E-state index contributed by atoms with van der Waals surface area (Å²) in [6.45, 7) is 12.1. The van der Waals surface area contributed by atoms with Gasteiger partial charge in [0.2, 0.25) is 10.0 Å². The summed E-state index contributed by atoms with van der Waals surface area (Å²) in [7, 11) is -3.78. The average Bonchev–Trinajstić information content (AvgIpc) is 3.43. The van der Waals surface area contributed by atoms with Crippen molar-refractivity contribution in [3.05, 3.63) is 53.6 Å². The molecule has 2 N–H and O–H groups in total. The molecule has 15 heteroatoms. The standard InChI is InChI=1S/C26H39N8O6S/c1-25(2,3)39-23(35)17-33-15-20(28-30-33)13-32(12-11-19-7-9-22(10-8-19)41(27,37)38)14-21-16-34(31-29-21)18-24(36)40-26(4,5)6/h7-10,15-16,23H,11-14,17-18H2,1-6H3,(H2,27,37,38)/q-1. The molecule has 3 aromatic rings. The van der Waals surface area contributed by atoms with Crippen LogP contribution in [0.3, 0.4) is 0 Å². The molecule has 3 rings (SSSR count). The fourth-order valence-corrected chi connectivity index (χ4v) is 4.40. The average molecular weight is 592 g/mol. The molecule has 226 valence electrons. The largest absolute Gasteiger partial charge is 0.830 e. The van der Waals surface area contributed by atoms with Gasteiger partial charge in [-0.25, -0.2) is 18.2 Å². The Morgan fingerprint density at radius 3 is 2.07 bits per heavy atom. The second-order valence-corrected chi connectivity index (χ2v) is 13.3. The third-order valence-electron chi connectivity index (χ3n) is 5.44. The number of carbonyl (C=O) groups excluding carboxylic acids is 1. The van der Waals surface area contributed by atoms with Crippen LogP contribution >= 0.6 is 0 Å². The molecule has 0 radical (unpaired) electrons. The number of rotatable bonds is 13. The second-order valence-electron chi connectivity index (χ2n) is 11.7. The van der Waals surface area contributed by atoms with Crippen LogP contribution in [0.4, 0.5) is 0 Å². The lowest BCUT2D eigenvalue weighted by Gasteiger charge is -2.31. The molecule has 0 aliphatic carbocycles. The first-order valence-corrected chi connectivity index (χ1v) is 14.7. The lowest BCUT2D eigenvalue weighted by molar-refractivity contribution is -0.506. The van der Waals surface area contributed by atoms with Crippen molar-refractivity contribution in [3.8, 4) is 0 Å². The Morgan fingerprint density at radius 2 is 1.54 bits per heavy atom. The number of nitrogens with zero attached hydrogens (tertiary/aromatic N) is 7. The van der Waals surface area contributed by atoms with Crippen LogP contribution in [-0.2, 0) is 56.9 Å². The zero-order chi connectivity index (χ0) is 30.4. The van der Waals surface area contributed by atoms with Gasteiger partial charge in [-0.05, 0) is 65.7 Å². The monoisotopic (exact) mass is 591 g/mol. The maximum Gasteiger partial charge on any atom is 0.328 e. The minimum Gasteiger partial charge on any atom is -0.830 e. The summed E-state index contributed by atoms with van der Waals surface area (Å²) in [6.07, 6.45) is 2.68. The molecular weight excluding hydrogens is 552 g/mol. The Morgan fingerprint density at radius 1 is 0.976 bits per heavy atom. The van der Waals surface area contributed by atoms with Crippen LogP contribution in [0.15, 0.2) is 41.6 Å². The summed E-state index contributed by atoms with van der Waals surface area (Å²) in [5.41, 5.74) is 1.00. The highest BCUT2D eigenvalue weighted by molar-refractivity contribution is 7.89. The first kappa shape index (κ1) is 32.3. The van der Waals surface area contributed by atoms with Crippen molar-refractivity contribution in [2.24, 2.45) is 5.14 Å².